The molecule has 9 aromatic rings. The molecule has 2 unspecified atom stereocenters. The minimum atomic E-state index is -0.0122. The van der Waals surface area contributed by atoms with Crippen molar-refractivity contribution < 1.29 is 30.5 Å². The monoisotopic (exact) mass is 993 g/mol. The van der Waals surface area contributed by atoms with Crippen LogP contribution in [0.5, 0.6) is 11.5 Å². The number of ether oxygens (including phenoxy) is 1. The number of allylic oxidation sites excluding steroid dienone is 2. The zero-order valence-corrected chi connectivity index (χ0v) is 36.1. The van der Waals surface area contributed by atoms with Gasteiger partial charge in [0.15, 0.2) is 0 Å². The summed E-state index contributed by atoms with van der Waals surface area (Å²) in [6.07, 6.45) is 8.62. The predicted molar refractivity (Wildman–Crippen MR) is 250 cm³/mol. The molecule has 0 fully saturated rings. The molecule has 7 nitrogen and oxygen atoms in total. The fourth-order valence-electron chi connectivity index (χ4n) is 9.04. The largest absolute Gasteiger partial charge is 0.509 e. The first kappa shape index (κ1) is 38.5. The Morgan fingerprint density at radius 3 is 1.95 bits per heavy atom. The summed E-state index contributed by atoms with van der Waals surface area (Å²) in [4.78, 5) is 9.87. The number of fused-ring (bicyclic) bond motifs is 5. The fraction of sp³-hybridized carbons (Fsp3) is 0.0364. The Bertz CT molecular complexity index is 3180. The number of aliphatic imine (C=N–C) groups is 1. The Kier molecular flexibility index (Phi) is 9.82. The van der Waals surface area contributed by atoms with E-state index >= 15 is 0 Å². The topological polar surface area (TPSA) is 40.1 Å². The second-order valence-corrected chi connectivity index (χ2v) is 15.5. The number of para-hydroxylation sites is 4. The van der Waals surface area contributed by atoms with Gasteiger partial charge in [-0.15, -0.1) is 41.4 Å². The molecule has 1 aliphatic carbocycles. The van der Waals surface area contributed by atoms with Crippen molar-refractivity contribution in [2.75, 3.05) is 14.8 Å². The summed E-state index contributed by atoms with van der Waals surface area (Å²) in [5.74, 6) is 2.02. The summed E-state index contributed by atoms with van der Waals surface area (Å²) in [5, 5.41) is 4.44. The van der Waals surface area contributed by atoms with Gasteiger partial charge >= 0.3 is 0 Å². The van der Waals surface area contributed by atoms with Crippen molar-refractivity contribution >= 4 is 50.5 Å². The average molecular weight is 994 g/mol. The molecule has 0 amide bonds. The molecule has 2 aliphatic heterocycles. The summed E-state index contributed by atoms with van der Waals surface area (Å²) < 4.78 is 11.2. The van der Waals surface area contributed by atoms with Crippen LogP contribution in [0.25, 0.3) is 44.3 Å². The third-order valence-corrected chi connectivity index (χ3v) is 11.8. The fourth-order valence-corrected chi connectivity index (χ4v) is 9.04. The zero-order chi connectivity index (χ0) is 41.0. The second-order valence-electron chi connectivity index (χ2n) is 15.5. The maximum Gasteiger partial charge on any atom is 0.240 e. The number of nitrogens with zero attached hydrogens (tertiary/aromatic N) is 6. The number of pyridine rings is 1. The number of rotatable bonds is 7. The van der Waals surface area contributed by atoms with Crippen molar-refractivity contribution in [2.24, 2.45) is 4.99 Å². The van der Waals surface area contributed by atoms with E-state index in [0.717, 1.165) is 73.0 Å². The molecule has 4 heterocycles. The van der Waals surface area contributed by atoms with Crippen LogP contribution in [0, 0.1) is 18.8 Å². The van der Waals surface area contributed by atoms with Crippen LogP contribution in [0.3, 0.4) is 0 Å². The van der Waals surface area contributed by atoms with Crippen molar-refractivity contribution in [3.8, 4) is 34.0 Å². The van der Waals surface area contributed by atoms with E-state index in [1.165, 1.54) is 0 Å². The van der Waals surface area contributed by atoms with E-state index in [2.05, 4.69) is 237 Å². The van der Waals surface area contributed by atoms with Gasteiger partial charge < -0.3 is 19.1 Å². The van der Waals surface area contributed by atoms with Crippen LogP contribution >= 0.6 is 0 Å². The molecule has 0 radical (unpaired) electrons. The SMILES string of the molecule is [Pt].[c-]1c(Oc2[c-]c3c(cc2)c2ccccc2n3C2=NC3C=CC=CC3N2c2ccccc2)cccc1N1[CH-]N([n+]2c(-c3ccccc3)cccc2-c2ccccc2)c2ccccc21. The van der Waals surface area contributed by atoms with Crippen LogP contribution in [0.4, 0.5) is 22.7 Å². The number of benzene rings is 7. The summed E-state index contributed by atoms with van der Waals surface area (Å²) in [7, 11) is 0. The Morgan fingerprint density at radius 2 is 1.19 bits per heavy atom. The molecule has 0 N–H and O–H groups in total. The summed E-state index contributed by atoms with van der Waals surface area (Å²) in [5.41, 5.74) is 10.3. The van der Waals surface area contributed by atoms with Gasteiger partial charge in [0.1, 0.15) is 0 Å². The molecule has 0 saturated carbocycles. The molecule has 2 aromatic heterocycles. The molecule has 2 atom stereocenters. The first-order valence-electron chi connectivity index (χ1n) is 20.9. The normalized spacial score (nSPS) is 16.3. The minimum absolute atomic E-state index is 0. The Hall–Kier alpha value is -7.47. The summed E-state index contributed by atoms with van der Waals surface area (Å²) >= 11 is 0. The third-order valence-electron chi connectivity index (χ3n) is 11.8. The molecular formula is C55H38N6OPt-2. The molecule has 3 aliphatic rings. The number of aromatic nitrogens is 2. The van der Waals surface area contributed by atoms with E-state index in [1.54, 1.807) is 0 Å². The first-order chi connectivity index (χ1) is 30.8. The quantitative estimate of drug-likeness (QED) is 0.118. The smallest absolute Gasteiger partial charge is 0.240 e. The van der Waals surface area contributed by atoms with Crippen LogP contribution in [-0.2, 0) is 21.1 Å². The molecule has 306 valence electrons. The van der Waals surface area contributed by atoms with E-state index in [-0.39, 0.29) is 33.1 Å². The summed E-state index contributed by atoms with van der Waals surface area (Å²) in [6, 6.07) is 72.5. The van der Waals surface area contributed by atoms with E-state index in [4.69, 9.17) is 9.73 Å². The molecule has 0 saturated heterocycles. The standard InChI is InChI=1S/C55H38N6O.Pt/c1-4-18-39(19-5-1)48-32-17-33-49(40-20-6-2-7-21-40)61(48)58-38-57(52-30-14-15-31-53(52)58)42-24-16-25-43(36-42)62-44-34-35-46-45-26-10-12-28-50(45)60(54(46)37-44)55-56-47-27-11-13-29-51(47)59(55)41-22-8-3-9-23-41;/h1-35,38,47,51H;/q-2;. The molecule has 0 bridgehead atoms. The van der Waals surface area contributed by atoms with Crippen LogP contribution in [0.15, 0.2) is 217 Å². The molecule has 12 rings (SSSR count). The number of anilines is 4. The van der Waals surface area contributed by atoms with Crippen molar-refractivity contribution in [3.05, 3.63) is 231 Å². The molecule has 0 spiro atoms. The number of hydrogen-bond donors (Lipinski definition) is 0. The second kappa shape index (κ2) is 16.1. The van der Waals surface area contributed by atoms with Gasteiger partial charge in [-0.3, -0.25) is 5.01 Å². The average Bonchev–Trinajstić information content (AvgIpc) is 4.02. The van der Waals surface area contributed by atoms with Gasteiger partial charge in [-0.25, -0.2) is 4.99 Å². The van der Waals surface area contributed by atoms with Gasteiger partial charge in [-0.1, -0.05) is 126 Å². The molecule has 8 heteroatoms. The van der Waals surface area contributed by atoms with Gasteiger partial charge in [0.2, 0.25) is 17.3 Å². The van der Waals surface area contributed by atoms with E-state index in [9.17, 15) is 0 Å². The van der Waals surface area contributed by atoms with Crippen molar-refractivity contribution in [3.63, 3.8) is 0 Å². The maximum absolute atomic E-state index is 6.70. The Labute approximate surface area is 380 Å². The summed E-state index contributed by atoms with van der Waals surface area (Å²) in [6.45, 7) is 2.14. The van der Waals surface area contributed by atoms with E-state index in [0.29, 0.717) is 11.5 Å². The first-order valence-corrected chi connectivity index (χ1v) is 20.9. The van der Waals surface area contributed by atoms with Crippen LogP contribution in [0.1, 0.15) is 0 Å². The predicted octanol–water partition coefficient (Wildman–Crippen LogP) is 11.9. The van der Waals surface area contributed by atoms with E-state index in [1.807, 2.05) is 18.2 Å². The Morgan fingerprint density at radius 1 is 0.556 bits per heavy atom. The van der Waals surface area contributed by atoms with Gasteiger partial charge in [0.25, 0.3) is 0 Å². The molecular weight excluding hydrogens is 956 g/mol. The Balaban J connectivity index is 0.00000444. The molecule has 63 heavy (non-hydrogen) atoms. The zero-order valence-electron chi connectivity index (χ0n) is 33.8. The minimum Gasteiger partial charge on any atom is -0.509 e. The van der Waals surface area contributed by atoms with Crippen molar-refractivity contribution in [2.45, 2.75) is 12.1 Å². The van der Waals surface area contributed by atoms with Crippen LogP contribution in [-0.4, -0.2) is 22.6 Å². The number of hydrogen-bond acceptors (Lipinski definition) is 5. The molecule has 7 aromatic carbocycles. The van der Waals surface area contributed by atoms with Gasteiger partial charge in [0, 0.05) is 72.7 Å². The maximum atomic E-state index is 6.70. The van der Waals surface area contributed by atoms with Crippen molar-refractivity contribution in [1.29, 1.82) is 0 Å². The van der Waals surface area contributed by atoms with Gasteiger partial charge in [-0.2, -0.15) is 12.1 Å². The van der Waals surface area contributed by atoms with Crippen LogP contribution in [0.2, 0.25) is 0 Å². The van der Waals surface area contributed by atoms with Crippen LogP contribution < -0.4 is 24.2 Å². The van der Waals surface area contributed by atoms with Crippen molar-refractivity contribution in [1.82, 2.24) is 4.57 Å². The van der Waals surface area contributed by atoms with Gasteiger partial charge in [-0.05, 0) is 66.0 Å². The van der Waals surface area contributed by atoms with Gasteiger partial charge in [0.05, 0.1) is 17.8 Å². The van der Waals surface area contributed by atoms with E-state index < -0.39 is 0 Å². The third kappa shape index (κ3) is 6.64.